The normalized spacial score (nSPS) is 22.5. The Morgan fingerprint density at radius 1 is 1.18 bits per heavy atom. The molecule has 1 unspecified atom stereocenters. The molecule has 6 nitrogen and oxygen atoms in total. The van der Waals surface area contributed by atoms with Gasteiger partial charge in [0.2, 0.25) is 0 Å². The highest BCUT2D eigenvalue weighted by molar-refractivity contribution is 7.10. The van der Waals surface area contributed by atoms with Crippen molar-refractivity contribution in [2.45, 2.75) is 77.3 Å². The van der Waals surface area contributed by atoms with Gasteiger partial charge in [-0.05, 0) is 82.7 Å². The quantitative estimate of drug-likeness (QED) is 0.370. The van der Waals surface area contributed by atoms with Gasteiger partial charge in [0.1, 0.15) is 5.54 Å². The summed E-state index contributed by atoms with van der Waals surface area (Å²) < 4.78 is 2.19. The second kappa shape index (κ2) is 8.60. The molecule has 1 aliphatic heterocycles. The van der Waals surface area contributed by atoms with E-state index in [0.717, 1.165) is 52.5 Å². The number of urea groups is 1. The molecule has 1 fully saturated rings. The van der Waals surface area contributed by atoms with E-state index in [1.807, 2.05) is 31.4 Å². The molecule has 0 aromatic carbocycles. The summed E-state index contributed by atoms with van der Waals surface area (Å²) in [6, 6.07) is 3.38. The summed E-state index contributed by atoms with van der Waals surface area (Å²) in [4.78, 5) is 41.8. The third kappa shape index (κ3) is 3.76. The Bertz CT molecular complexity index is 1160. The fourth-order valence-corrected chi connectivity index (χ4v) is 6.73. The molecule has 5 rings (SSSR count). The second-order valence-corrected chi connectivity index (χ2v) is 10.6. The molecule has 7 heteroatoms. The lowest BCUT2D eigenvalue weighted by atomic mass is 9.80. The number of ketones is 1. The van der Waals surface area contributed by atoms with E-state index in [1.165, 1.54) is 31.3 Å². The zero-order valence-electron chi connectivity index (χ0n) is 19.4. The molecule has 1 N–H and O–H groups in total. The monoisotopic (exact) mass is 465 g/mol. The summed E-state index contributed by atoms with van der Waals surface area (Å²) >= 11 is 1.63. The number of amides is 3. The van der Waals surface area contributed by atoms with Crippen molar-refractivity contribution >= 4 is 29.1 Å². The zero-order chi connectivity index (χ0) is 23.2. The van der Waals surface area contributed by atoms with E-state index < -0.39 is 11.6 Å². The molecule has 0 bridgehead atoms. The van der Waals surface area contributed by atoms with Crippen LogP contribution in [0.25, 0.3) is 0 Å². The van der Waals surface area contributed by atoms with E-state index in [4.69, 9.17) is 0 Å². The smallest absolute Gasteiger partial charge is 0.325 e. The Morgan fingerprint density at radius 3 is 2.82 bits per heavy atom. The van der Waals surface area contributed by atoms with Crippen LogP contribution in [0.3, 0.4) is 0 Å². The molecule has 1 atom stereocenters. The molecule has 1 spiro atoms. The van der Waals surface area contributed by atoms with Crippen LogP contribution < -0.4 is 5.32 Å². The minimum atomic E-state index is -1.00. The summed E-state index contributed by atoms with van der Waals surface area (Å²) in [5, 5.41) is 4.91. The van der Waals surface area contributed by atoms with Crippen molar-refractivity contribution in [2.75, 3.05) is 6.54 Å². The molecular weight excluding hydrogens is 434 g/mol. The second-order valence-electron chi connectivity index (χ2n) is 9.56. The highest BCUT2D eigenvalue weighted by Gasteiger charge is 2.54. The number of rotatable bonds is 6. The van der Waals surface area contributed by atoms with Gasteiger partial charge in [-0.25, -0.2) is 4.79 Å². The number of Topliss-reactive ketones (excluding diaryl/α,β-unsaturated/α-hetero) is 1. The van der Waals surface area contributed by atoms with Gasteiger partial charge < -0.3 is 9.88 Å². The maximum atomic E-state index is 13.4. The first-order valence-electron chi connectivity index (χ1n) is 12.0. The van der Waals surface area contributed by atoms with Gasteiger partial charge in [-0.2, -0.15) is 0 Å². The van der Waals surface area contributed by atoms with Gasteiger partial charge in [0.15, 0.2) is 5.78 Å². The van der Waals surface area contributed by atoms with Crippen molar-refractivity contribution < 1.29 is 14.4 Å². The number of carbonyl (C=O) groups is 3. The zero-order valence-corrected chi connectivity index (χ0v) is 20.2. The molecule has 33 heavy (non-hydrogen) atoms. The molecule has 3 amide bonds. The Kier molecular flexibility index (Phi) is 5.77. The molecule has 1 saturated heterocycles. The van der Waals surface area contributed by atoms with E-state index in [1.54, 1.807) is 11.3 Å². The number of nitrogens with one attached hydrogen (secondary N) is 1. The van der Waals surface area contributed by atoms with Crippen molar-refractivity contribution in [1.29, 1.82) is 0 Å². The van der Waals surface area contributed by atoms with Crippen LogP contribution in [0.5, 0.6) is 0 Å². The number of thiophene rings is 1. The minimum absolute atomic E-state index is 0.187. The van der Waals surface area contributed by atoms with Crippen LogP contribution in [0, 0.1) is 13.8 Å². The number of nitrogens with zero attached hydrogens (tertiary/aromatic N) is 2. The van der Waals surface area contributed by atoms with Gasteiger partial charge in [0, 0.05) is 33.9 Å². The lowest BCUT2D eigenvalue weighted by Crippen LogP contribution is -2.46. The highest BCUT2D eigenvalue weighted by atomic mass is 32.1. The van der Waals surface area contributed by atoms with Gasteiger partial charge in [0.05, 0.1) is 6.54 Å². The molecule has 3 aliphatic rings. The maximum Gasteiger partial charge on any atom is 0.325 e. The average Bonchev–Trinajstić information content (AvgIpc) is 3.46. The predicted octanol–water partition coefficient (Wildman–Crippen LogP) is 5.02. The standard InChI is InChI=1S/C26H31N3O3S/c1-17-15-20(18(2)28(17)13-10-19-7-4-3-5-8-19)22(30)16-29-24(31)26(27-25(29)32)12-6-9-23-21(26)11-14-33-23/h7,11,14-15H,3-6,8-10,12-13,16H2,1-2H3,(H,27,32). The summed E-state index contributed by atoms with van der Waals surface area (Å²) in [6.07, 6.45) is 10.6. The predicted molar refractivity (Wildman–Crippen MR) is 129 cm³/mol. The van der Waals surface area contributed by atoms with Crippen LogP contribution in [0.15, 0.2) is 29.2 Å². The van der Waals surface area contributed by atoms with Crippen molar-refractivity contribution in [3.63, 3.8) is 0 Å². The van der Waals surface area contributed by atoms with Crippen LogP contribution in [-0.4, -0.2) is 33.7 Å². The minimum Gasteiger partial charge on any atom is -0.348 e. The Balaban J connectivity index is 1.33. The lowest BCUT2D eigenvalue weighted by Gasteiger charge is -2.31. The molecule has 174 valence electrons. The first kappa shape index (κ1) is 22.1. The van der Waals surface area contributed by atoms with Crippen LogP contribution in [0.1, 0.15) is 77.1 Å². The van der Waals surface area contributed by atoms with E-state index >= 15 is 0 Å². The number of aromatic nitrogens is 1. The van der Waals surface area contributed by atoms with Crippen LogP contribution in [0.2, 0.25) is 0 Å². The van der Waals surface area contributed by atoms with Gasteiger partial charge in [-0.1, -0.05) is 11.6 Å². The van der Waals surface area contributed by atoms with E-state index in [0.29, 0.717) is 12.0 Å². The van der Waals surface area contributed by atoms with Gasteiger partial charge >= 0.3 is 6.03 Å². The largest absolute Gasteiger partial charge is 0.348 e. The van der Waals surface area contributed by atoms with Crippen molar-refractivity contribution in [3.8, 4) is 0 Å². The summed E-state index contributed by atoms with van der Waals surface area (Å²) in [5.41, 5.74) is 3.96. The lowest BCUT2D eigenvalue weighted by molar-refractivity contribution is -0.131. The number of carbonyl (C=O) groups excluding carboxylic acids is 3. The fourth-order valence-electron chi connectivity index (χ4n) is 5.73. The molecular formula is C26H31N3O3S. The summed E-state index contributed by atoms with van der Waals surface area (Å²) in [6.45, 7) is 4.61. The highest BCUT2D eigenvalue weighted by Crippen LogP contribution is 2.42. The topological polar surface area (TPSA) is 71.4 Å². The number of aryl methyl sites for hydroxylation is 2. The van der Waals surface area contributed by atoms with Crippen LogP contribution >= 0.6 is 11.3 Å². The van der Waals surface area contributed by atoms with Crippen molar-refractivity contribution in [2.24, 2.45) is 0 Å². The maximum absolute atomic E-state index is 13.4. The molecule has 0 saturated carbocycles. The Hall–Kier alpha value is -2.67. The van der Waals surface area contributed by atoms with E-state index in [-0.39, 0.29) is 18.2 Å². The number of hydrogen-bond acceptors (Lipinski definition) is 4. The van der Waals surface area contributed by atoms with Gasteiger partial charge in [-0.15, -0.1) is 11.3 Å². The third-order valence-electron chi connectivity index (χ3n) is 7.55. The molecule has 2 aromatic heterocycles. The molecule has 0 radical (unpaired) electrons. The third-order valence-corrected chi connectivity index (χ3v) is 8.53. The van der Waals surface area contributed by atoms with Gasteiger partial charge in [0.25, 0.3) is 5.91 Å². The Morgan fingerprint density at radius 2 is 2.03 bits per heavy atom. The summed E-state index contributed by atoms with van der Waals surface area (Å²) in [5.74, 6) is -0.480. The molecule has 2 aromatic rings. The number of imide groups is 1. The number of fused-ring (bicyclic) bond motifs is 2. The van der Waals surface area contributed by atoms with Crippen molar-refractivity contribution in [3.05, 3.63) is 56.6 Å². The number of hydrogen-bond donors (Lipinski definition) is 1. The molecule has 2 aliphatic carbocycles. The summed E-state index contributed by atoms with van der Waals surface area (Å²) in [7, 11) is 0. The van der Waals surface area contributed by atoms with Crippen molar-refractivity contribution in [1.82, 2.24) is 14.8 Å². The number of allylic oxidation sites excluding steroid dienone is 2. The van der Waals surface area contributed by atoms with E-state index in [2.05, 4.69) is 16.0 Å². The van der Waals surface area contributed by atoms with Crippen LogP contribution in [0.4, 0.5) is 4.79 Å². The van der Waals surface area contributed by atoms with Gasteiger partial charge in [-0.3, -0.25) is 14.5 Å². The Labute approximate surface area is 198 Å². The first-order chi connectivity index (χ1) is 15.9. The molecule has 3 heterocycles. The first-order valence-corrected chi connectivity index (χ1v) is 12.9. The van der Waals surface area contributed by atoms with Crippen LogP contribution in [-0.2, 0) is 23.3 Å². The van der Waals surface area contributed by atoms with E-state index in [9.17, 15) is 14.4 Å². The average molecular weight is 466 g/mol. The SMILES string of the molecule is Cc1cc(C(=O)CN2C(=O)NC3(CCCc4sccc43)C2=O)c(C)n1CCC1=CCCCC1. The fraction of sp³-hybridized carbons (Fsp3) is 0.500.